The summed E-state index contributed by atoms with van der Waals surface area (Å²) in [6.07, 6.45) is 0. The van der Waals surface area contributed by atoms with Crippen molar-refractivity contribution in [3.63, 3.8) is 0 Å². The fourth-order valence-electron chi connectivity index (χ4n) is 2.25. The predicted octanol–water partition coefficient (Wildman–Crippen LogP) is 4.82. The van der Waals surface area contributed by atoms with E-state index in [9.17, 15) is 0 Å². The highest BCUT2D eigenvalue weighted by Gasteiger charge is 2.07. The minimum absolute atomic E-state index is 0.477. The lowest BCUT2D eigenvalue weighted by Crippen LogP contribution is -2.21. The normalized spacial score (nSPS) is 11.0. The molecular weight excluding hydrogens is 282 g/mol. The fraction of sp³-hybridized carbons (Fsp3) is 0.333. The zero-order valence-corrected chi connectivity index (χ0v) is 13.8. The van der Waals surface area contributed by atoms with E-state index in [4.69, 9.17) is 16.3 Å². The molecule has 3 heteroatoms. The highest BCUT2D eigenvalue weighted by molar-refractivity contribution is 6.32. The van der Waals surface area contributed by atoms with Crippen LogP contribution in [0.1, 0.15) is 25.0 Å². The van der Waals surface area contributed by atoms with Gasteiger partial charge in [0.15, 0.2) is 0 Å². The van der Waals surface area contributed by atoms with Crippen LogP contribution < -0.4 is 10.1 Å². The number of methoxy groups -OCH3 is 1. The lowest BCUT2D eigenvalue weighted by atomic mass is 9.98. The molecule has 21 heavy (non-hydrogen) atoms. The second-order valence-electron chi connectivity index (χ2n) is 5.53. The molecule has 0 atom stereocenters. The Morgan fingerprint density at radius 2 is 1.90 bits per heavy atom. The number of halogens is 1. The molecule has 2 rings (SSSR count). The predicted molar refractivity (Wildman–Crippen MR) is 90.2 cm³/mol. The number of ether oxygens (including phenoxy) is 1. The van der Waals surface area contributed by atoms with E-state index in [0.29, 0.717) is 16.8 Å². The van der Waals surface area contributed by atoms with Crippen molar-refractivity contribution < 1.29 is 4.74 Å². The number of nitrogens with one attached hydrogen (secondary N) is 1. The largest absolute Gasteiger partial charge is 0.495 e. The SMILES string of the molecule is COc1ccc(-c2cc(CNC(C)C)ccc2C)cc1Cl. The van der Waals surface area contributed by atoms with Crippen LogP contribution in [0.5, 0.6) is 5.75 Å². The third-order valence-electron chi connectivity index (χ3n) is 3.48. The monoisotopic (exact) mass is 303 g/mol. The van der Waals surface area contributed by atoms with Crippen LogP contribution in [0.15, 0.2) is 36.4 Å². The molecule has 0 unspecified atom stereocenters. The Labute approximate surface area is 132 Å². The Balaban J connectivity index is 2.34. The van der Waals surface area contributed by atoms with Gasteiger partial charge in [0.25, 0.3) is 0 Å². The Morgan fingerprint density at radius 1 is 1.14 bits per heavy atom. The van der Waals surface area contributed by atoms with Gasteiger partial charge >= 0.3 is 0 Å². The molecule has 0 heterocycles. The Bertz CT molecular complexity index is 623. The van der Waals surface area contributed by atoms with E-state index in [2.05, 4.69) is 44.3 Å². The van der Waals surface area contributed by atoms with Gasteiger partial charge < -0.3 is 10.1 Å². The molecule has 0 aliphatic rings. The highest BCUT2D eigenvalue weighted by atomic mass is 35.5. The molecule has 0 saturated heterocycles. The van der Waals surface area contributed by atoms with Crippen molar-refractivity contribution in [1.82, 2.24) is 5.32 Å². The smallest absolute Gasteiger partial charge is 0.137 e. The van der Waals surface area contributed by atoms with Gasteiger partial charge in [0, 0.05) is 12.6 Å². The molecule has 2 aromatic carbocycles. The van der Waals surface area contributed by atoms with Crippen molar-refractivity contribution in [2.45, 2.75) is 33.4 Å². The van der Waals surface area contributed by atoms with E-state index in [0.717, 1.165) is 12.1 Å². The average molecular weight is 304 g/mol. The maximum atomic E-state index is 6.24. The molecule has 0 aliphatic heterocycles. The standard InChI is InChI=1S/C18H22ClNO/c1-12(2)20-11-14-6-5-13(3)16(9-14)15-7-8-18(21-4)17(19)10-15/h5-10,12,20H,11H2,1-4H3. The van der Waals surface area contributed by atoms with Crippen LogP contribution >= 0.6 is 11.6 Å². The molecular formula is C18H22ClNO. The molecule has 0 bridgehead atoms. The van der Waals surface area contributed by atoms with Crippen LogP contribution in [0, 0.1) is 6.92 Å². The summed E-state index contributed by atoms with van der Waals surface area (Å²) in [7, 11) is 1.63. The molecule has 0 radical (unpaired) electrons. The van der Waals surface area contributed by atoms with Crippen LogP contribution in [0.3, 0.4) is 0 Å². The van der Waals surface area contributed by atoms with Crippen molar-refractivity contribution >= 4 is 11.6 Å². The van der Waals surface area contributed by atoms with Crippen LogP contribution in [-0.4, -0.2) is 13.2 Å². The molecule has 0 aliphatic carbocycles. The first-order chi connectivity index (χ1) is 10.0. The third kappa shape index (κ3) is 3.99. The van der Waals surface area contributed by atoms with Gasteiger partial charge in [-0.05, 0) is 47.4 Å². The van der Waals surface area contributed by atoms with E-state index in [1.807, 2.05) is 18.2 Å². The van der Waals surface area contributed by atoms with Gasteiger partial charge in [0.05, 0.1) is 12.1 Å². The highest BCUT2D eigenvalue weighted by Crippen LogP contribution is 2.32. The van der Waals surface area contributed by atoms with Gasteiger partial charge in [-0.1, -0.05) is 43.6 Å². The fourth-order valence-corrected chi connectivity index (χ4v) is 2.50. The molecule has 0 amide bonds. The number of rotatable bonds is 5. The van der Waals surface area contributed by atoms with Crippen LogP contribution in [0.4, 0.5) is 0 Å². The summed E-state index contributed by atoms with van der Waals surface area (Å²) >= 11 is 6.24. The zero-order valence-electron chi connectivity index (χ0n) is 13.0. The maximum absolute atomic E-state index is 6.24. The molecule has 0 fully saturated rings. The van der Waals surface area contributed by atoms with E-state index in [1.165, 1.54) is 16.7 Å². The molecule has 112 valence electrons. The summed E-state index contributed by atoms with van der Waals surface area (Å²) < 4.78 is 5.21. The average Bonchev–Trinajstić information content (AvgIpc) is 2.46. The molecule has 2 nitrogen and oxygen atoms in total. The third-order valence-corrected chi connectivity index (χ3v) is 3.77. The summed E-state index contributed by atoms with van der Waals surface area (Å²) in [5, 5.41) is 4.08. The van der Waals surface area contributed by atoms with Gasteiger partial charge in [-0.3, -0.25) is 0 Å². The summed E-state index contributed by atoms with van der Waals surface area (Å²) in [6, 6.07) is 12.9. The minimum atomic E-state index is 0.477. The maximum Gasteiger partial charge on any atom is 0.137 e. The van der Waals surface area contributed by atoms with Gasteiger partial charge in [-0.2, -0.15) is 0 Å². The molecule has 0 spiro atoms. The number of aryl methyl sites for hydroxylation is 1. The van der Waals surface area contributed by atoms with Gasteiger partial charge in [-0.15, -0.1) is 0 Å². The van der Waals surface area contributed by atoms with Crippen molar-refractivity contribution in [1.29, 1.82) is 0 Å². The first-order valence-corrected chi connectivity index (χ1v) is 7.56. The summed E-state index contributed by atoms with van der Waals surface area (Å²) in [5.74, 6) is 0.704. The number of benzene rings is 2. The first kappa shape index (κ1) is 15.9. The van der Waals surface area contributed by atoms with E-state index in [-0.39, 0.29) is 0 Å². The molecule has 0 saturated carbocycles. The summed E-state index contributed by atoms with van der Waals surface area (Å²) in [6.45, 7) is 7.29. The Hall–Kier alpha value is -1.51. The topological polar surface area (TPSA) is 21.3 Å². The minimum Gasteiger partial charge on any atom is -0.495 e. The van der Waals surface area contributed by atoms with Gasteiger partial charge in [0.1, 0.15) is 5.75 Å². The lowest BCUT2D eigenvalue weighted by Gasteiger charge is -2.13. The second-order valence-corrected chi connectivity index (χ2v) is 5.94. The van der Waals surface area contributed by atoms with Gasteiger partial charge in [-0.25, -0.2) is 0 Å². The van der Waals surface area contributed by atoms with Crippen LogP contribution in [0.2, 0.25) is 5.02 Å². The summed E-state index contributed by atoms with van der Waals surface area (Å²) in [4.78, 5) is 0. The van der Waals surface area contributed by atoms with Crippen molar-refractivity contribution in [3.05, 3.63) is 52.5 Å². The Morgan fingerprint density at radius 3 is 2.52 bits per heavy atom. The quantitative estimate of drug-likeness (QED) is 0.855. The molecule has 2 aromatic rings. The number of hydrogen-bond donors (Lipinski definition) is 1. The Kier molecular flexibility index (Phi) is 5.27. The zero-order chi connectivity index (χ0) is 15.4. The van der Waals surface area contributed by atoms with Gasteiger partial charge in [0.2, 0.25) is 0 Å². The first-order valence-electron chi connectivity index (χ1n) is 7.18. The summed E-state index contributed by atoms with van der Waals surface area (Å²) in [5.41, 5.74) is 4.84. The van der Waals surface area contributed by atoms with Crippen LogP contribution in [-0.2, 0) is 6.54 Å². The van der Waals surface area contributed by atoms with E-state index in [1.54, 1.807) is 7.11 Å². The number of hydrogen-bond acceptors (Lipinski definition) is 2. The molecule has 1 N–H and O–H groups in total. The van der Waals surface area contributed by atoms with E-state index < -0.39 is 0 Å². The molecule has 0 aromatic heterocycles. The van der Waals surface area contributed by atoms with Crippen molar-refractivity contribution in [2.75, 3.05) is 7.11 Å². The van der Waals surface area contributed by atoms with Crippen LogP contribution in [0.25, 0.3) is 11.1 Å². The second kappa shape index (κ2) is 6.97. The van der Waals surface area contributed by atoms with E-state index >= 15 is 0 Å². The van der Waals surface area contributed by atoms with Crippen molar-refractivity contribution in [3.8, 4) is 16.9 Å². The van der Waals surface area contributed by atoms with Crippen molar-refractivity contribution in [2.24, 2.45) is 0 Å². The lowest BCUT2D eigenvalue weighted by molar-refractivity contribution is 0.415.